The predicted molar refractivity (Wildman–Crippen MR) is 64.2 cm³/mol. The van der Waals surface area contributed by atoms with Crippen molar-refractivity contribution in [3.8, 4) is 0 Å². The summed E-state index contributed by atoms with van der Waals surface area (Å²) >= 11 is 0. The Morgan fingerprint density at radius 2 is 2.00 bits per heavy atom. The van der Waals surface area contributed by atoms with Crippen LogP contribution in [0.2, 0.25) is 0 Å². The van der Waals surface area contributed by atoms with Crippen molar-refractivity contribution >= 4 is 0 Å². The van der Waals surface area contributed by atoms with Crippen molar-refractivity contribution in [3.05, 3.63) is 0 Å². The van der Waals surface area contributed by atoms with Crippen LogP contribution < -0.4 is 5.32 Å². The van der Waals surface area contributed by atoms with E-state index < -0.39 is 0 Å². The lowest BCUT2D eigenvalue weighted by molar-refractivity contribution is 0.0654. The highest BCUT2D eigenvalue weighted by Crippen LogP contribution is 2.13. The van der Waals surface area contributed by atoms with Gasteiger partial charge in [-0.1, -0.05) is 0 Å². The van der Waals surface area contributed by atoms with E-state index in [-0.39, 0.29) is 0 Å². The zero-order chi connectivity index (χ0) is 11.1. The first kappa shape index (κ1) is 12.9. The number of nitrogens with one attached hydrogen (secondary N) is 1. The highest BCUT2D eigenvalue weighted by molar-refractivity contribution is 4.69. The number of nitrogens with zero attached hydrogens (tertiary/aromatic N) is 1. The van der Waals surface area contributed by atoms with Gasteiger partial charge in [0.05, 0.1) is 0 Å². The third kappa shape index (κ3) is 6.13. The largest absolute Gasteiger partial charge is 0.381 e. The monoisotopic (exact) mass is 214 g/mol. The molecule has 0 saturated carbocycles. The van der Waals surface area contributed by atoms with Crippen LogP contribution in [0.3, 0.4) is 0 Å². The van der Waals surface area contributed by atoms with E-state index in [2.05, 4.69) is 31.2 Å². The van der Waals surface area contributed by atoms with Crippen molar-refractivity contribution in [2.24, 2.45) is 5.92 Å². The second kappa shape index (κ2) is 7.20. The zero-order valence-corrected chi connectivity index (χ0v) is 10.5. The smallest absolute Gasteiger partial charge is 0.0469 e. The highest BCUT2D eigenvalue weighted by Gasteiger charge is 2.14. The van der Waals surface area contributed by atoms with Crippen molar-refractivity contribution in [1.82, 2.24) is 10.2 Å². The van der Waals surface area contributed by atoms with Gasteiger partial charge < -0.3 is 15.0 Å². The van der Waals surface area contributed by atoms with Gasteiger partial charge in [-0.05, 0) is 59.3 Å². The van der Waals surface area contributed by atoms with Gasteiger partial charge in [-0.2, -0.15) is 0 Å². The summed E-state index contributed by atoms with van der Waals surface area (Å²) in [6.07, 6.45) is 3.69. The van der Waals surface area contributed by atoms with Crippen LogP contribution in [0.15, 0.2) is 0 Å². The number of hydrogen-bond donors (Lipinski definition) is 1. The molecule has 90 valence electrons. The molecule has 1 aliphatic rings. The Kier molecular flexibility index (Phi) is 6.22. The summed E-state index contributed by atoms with van der Waals surface area (Å²) in [5.74, 6) is 0.834. The molecule has 0 radical (unpaired) electrons. The van der Waals surface area contributed by atoms with Gasteiger partial charge in [-0.25, -0.2) is 0 Å². The molecule has 1 aliphatic heterocycles. The first-order valence-corrected chi connectivity index (χ1v) is 6.14. The average Bonchev–Trinajstić information content (AvgIpc) is 2.25. The minimum absolute atomic E-state index is 0.634. The van der Waals surface area contributed by atoms with E-state index in [4.69, 9.17) is 4.74 Å². The lowest BCUT2D eigenvalue weighted by Gasteiger charge is -2.24. The fourth-order valence-electron chi connectivity index (χ4n) is 1.87. The maximum absolute atomic E-state index is 5.35. The summed E-state index contributed by atoms with van der Waals surface area (Å²) in [4.78, 5) is 2.24. The topological polar surface area (TPSA) is 24.5 Å². The molecule has 1 saturated heterocycles. The Hall–Kier alpha value is -0.120. The summed E-state index contributed by atoms with van der Waals surface area (Å²) in [5.41, 5.74) is 0. The maximum atomic E-state index is 5.35. The van der Waals surface area contributed by atoms with E-state index in [1.807, 2.05) is 0 Å². The van der Waals surface area contributed by atoms with Crippen molar-refractivity contribution < 1.29 is 4.74 Å². The Morgan fingerprint density at radius 3 is 2.60 bits per heavy atom. The van der Waals surface area contributed by atoms with E-state index in [0.29, 0.717) is 6.04 Å². The number of ether oxygens (including phenoxy) is 1. The predicted octanol–water partition coefficient (Wildman–Crippen LogP) is 1.34. The third-order valence-electron chi connectivity index (χ3n) is 3.11. The fourth-order valence-corrected chi connectivity index (χ4v) is 1.87. The van der Waals surface area contributed by atoms with Crippen LogP contribution in [-0.2, 0) is 4.74 Å². The number of hydrogen-bond acceptors (Lipinski definition) is 3. The van der Waals surface area contributed by atoms with Gasteiger partial charge >= 0.3 is 0 Å². The third-order valence-corrected chi connectivity index (χ3v) is 3.11. The Labute approximate surface area is 94.2 Å². The molecule has 1 N–H and O–H groups in total. The zero-order valence-electron chi connectivity index (χ0n) is 10.5. The second-order valence-corrected chi connectivity index (χ2v) is 4.96. The molecule has 1 rings (SSSR count). The summed E-state index contributed by atoms with van der Waals surface area (Å²) in [6.45, 7) is 6.53. The molecular weight excluding hydrogens is 188 g/mol. The van der Waals surface area contributed by atoms with Gasteiger partial charge in [-0.15, -0.1) is 0 Å². The molecule has 3 nitrogen and oxygen atoms in total. The minimum atomic E-state index is 0.634. The molecule has 1 fully saturated rings. The summed E-state index contributed by atoms with van der Waals surface area (Å²) in [5, 5.41) is 3.63. The van der Waals surface area contributed by atoms with Gasteiger partial charge in [0.25, 0.3) is 0 Å². The van der Waals surface area contributed by atoms with Crippen LogP contribution in [0.5, 0.6) is 0 Å². The number of rotatable bonds is 6. The van der Waals surface area contributed by atoms with Crippen LogP contribution in [-0.4, -0.2) is 51.3 Å². The molecule has 1 heterocycles. The SMILES string of the molecule is CC(CCN(C)C)NCC1CCOCC1. The van der Waals surface area contributed by atoms with E-state index >= 15 is 0 Å². The lowest BCUT2D eigenvalue weighted by Crippen LogP contribution is -2.35. The van der Waals surface area contributed by atoms with Gasteiger partial charge in [0.15, 0.2) is 0 Å². The van der Waals surface area contributed by atoms with Gasteiger partial charge in [-0.3, -0.25) is 0 Å². The summed E-state index contributed by atoms with van der Waals surface area (Å²) in [7, 11) is 4.26. The standard InChI is InChI=1S/C12H26N2O/c1-11(4-7-14(2)3)13-10-12-5-8-15-9-6-12/h11-13H,4-10H2,1-3H3. The normalized spacial score (nSPS) is 20.8. The molecule has 0 amide bonds. The average molecular weight is 214 g/mol. The van der Waals surface area contributed by atoms with E-state index in [0.717, 1.165) is 25.7 Å². The molecule has 0 aliphatic carbocycles. The summed E-state index contributed by atoms with van der Waals surface area (Å²) in [6, 6.07) is 0.634. The molecular formula is C12H26N2O. The minimum Gasteiger partial charge on any atom is -0.381 e. The molecule has 1 unspecified atom stereocenters. The maximum Gasteiger partial charge on any atom is 0.0469 e. The Morgan fingerprint density at radius 1 is 1.33 bits per heavy atom. The molecule has 0 aromatic carbocycles. The molecule has 0 aromatic heterocycles. The van der Waals surface area contributed by atoms with E-state index in [1.165, 1.54) is 25.8 Å². The van der Waals surface area contributed by atoms with Crippen molar-refractivity contribution in [2.75, 3.05) is 40.4 Å². The molecule has 15 heavy (non-hydrogen) atoms. The van der Waals surface area contributed by atoms with Crippen LogP contribution in [0.25, 0.3) is 0 Å². The van der Waals surface area contributed by atoms with Crippen LogP contribution in [0, 0.1) is 5.92 Å². The lowest BCUT2D eigenvalue weighted by atomic mass is 10.00. The Balaban J connectivity index is 2.02. The second-order valence-electron chi connectivity index (χ2n) is 4.96. The van der Waals surface area contributed by atoms with Crippen molar-refractivity contribution in [1.29, 1.82) is 0 Å². The molecule has 0 bridgehead atoms. The highest BCUT2D eigenvalue weighted by atomic mass is 16.5. The van der Waals surface area contributed by atoms with Crippen molar-refractivity contribution in [3.63, 3.8) is 0 Å². The first-order valence-electron chi connectivity index (χ1n) is 6.14. The van der Waals surface area contributed by atoms with E-state index in [1.54, 1.807) is 0 Å². The van der Waals surface area contributed by atoms with Crippen LogP contribution >= 0.6 is 0 Å². The van der Waals surface area contributed by atoms with Gasteiger partial charge in [0.2, 0.25) is 0 Å². The van der Waals surface area contributed by atoms with Gasteiger partial charge in [0, 0.05) is 19.3 Å². The quantitative estimate of drug-likeness (QED) is 0.722. The summed E-state index contributed by atoms with van der Waals surface area (Å²) < 4.78 is 5.35. The molecule has 0 aromatic rings. The van der Waals surface area contributed by atoms with Gasteiger partial charge in [0.1, 0.15) is 0 Å². The molecule has 1 atom stereocenters. The van der Waals surface area contributed by atoms with Crippen molar-refractivity contribution in [2.45, 2.75) is 32.2 Å². The Bertz CT molecular complexity index is 156. The van der Waals surface area contributed by atoms with Crippen LogP contribution in [0.4, 0.5) is 0 Å². The van der Waals surface area contributed by atoms with E-state index in [9.17, 15) is 0 Å². The fraction of sp³-hybridized carbons (Fsp3) is 1.00. The molecule has 3 heteroatoms. The first-order chi connectivity index (χ1) is 7.18. The van der Waals surface area contributed by atoms with Crippen LogP contribution in [0.1, 0.15) is 26.2 Å². The molecule has 0 spiro atoms.